The first-order chi connectivity index (χ1) is 11.7. The van der Waals surface area contributed by atoms with Gasteiger partial charge in [0.1, 0.15) is 13.2 Å². The standard InChI is InChI=1S/C17H19N3O3S/c1-11(24-17-18-6-7-20(17)13-3-4-13)16(21)19-12-2-5-14-15(10-12)23-9-8-22-14/h2,5-7,10-11,13H,3-4,8-9H2,1H3,(H,19,21)/t11-/m0/s1. The van der Waals surface area contributed by atoms with E-state index >= 15 is 0 Å². The number of nitrogens with one attached hydrogen (secondary N) is 1. The van der Waals surface area contributed by atoms with Gasteiger partial charge in [0.15, 0.2) is 16.7 Å². The zero-order valence-electron chi connectivity index (χ0n) is 13.4. The van der Waals surface area contributed by atoms with Crippen LogP contribution in [-0.2, 0) is 4.79 Å². The van der Waals surface area contributed by atoms with Gasteiger partial charge in [-0.25, -0.2) is 4.98 Å². The molecule has 126 valence electrons. The van der Waals surface area contributed by atoms with E-state index in [1.807, 2.05) is 25.3 Å². The van der Waals surface area contributed by atoms with Crippen LogP contribution in [0, 0.1) is 0 Å². The van der Waals surface area contributed by atoms with Crippen molar-refractivity contribution in [3.63, 3.8) is 0 Å². The maximum atomic E-state index is 12.5. The van der Waals surface area contributed by atoms with Gasteiger partial charge in [-0.1, -0.05) is 11.8 Å². The first kappa shape index (κ1) is 15.4. The number of carbonyl (C=O) groups excluding carboxylic acids is 1. The van der Waals surface area contributed by atoms with Crippen molar-refractivity contribution in [3.8, 4) is 11.5 Å². The summed E-state index contributed by atoms with van der Waals surface area (Å²) in [5, 5.41) is 3.60. The molecule has 1 aromatic heterocycles. The number of fused-ring (bicyclic) bond motifs is 1. The lowest BCUT2D eigenvalue weighted by Gasteiger charge is -2.19. The molecule has 1 N–H and O–H groups in total. The quantitative estimate of drug-likeness (QED) is 0.844. The molecule has 1 aliphatic carbocycles. The third-order valence-electron chi connectivity index (χ3n) is 4.03. The Morgan fingerprint density at radius 2 is 2.12 bits per heavy atom. The van der Waals surface area contributed by atoms with Crippen molar-refractivity contribution in [1.82, 2.24) is 9.55 Å². The molecule has 7 heteroatoms. The van der Waals surface area contributed by atoms with Crippen LogP contribution < -0.4 is 14.8 Å². The van der Waals surface area contributed by atoms with Gasteiger partial charge in [0.05, 0.1) is 5.25 Å². The minimum absolute atomic E-state index is 0.0537. The summed E-state index contributed by atoms with van der Waals surface area (Å²) in [4.78, 5) is 16.8. The number of imidazole rings is 1. The molecule has 0 saturated heterocycles. The summed E-state index contributed by atoms with van der Waals surface area (Å²) >= 11 is 1.49. The number of aromatic nitrogens is 2. The molecule has 2 aromatic rings. The van der Waals surface area contributed by atoms with Crippen LogP contribution in [0.15, 0.2) is 35.7 Å². The zero-order valence-corrected chi connectivity index (χ0v) is 14.2. The minimum atomic E-state index is -0.238. The highest BCUT2D eigenvalue weighted by molar-refractivity contribution is 8.00. The van der Waals surface area contributed by atoms with Crippen LogP contribution in [0.5, 0.6) is 11.5 Å². The summed E-state index contributed by atoms with van der Waals surface area (Å²) in [6.07, 6.45) is 6.18. The van der Waals surface area contributed by atoms with Crippen LogP contribution in [0.25, 0.3) is 0 Å². The van der Waals surface area contributed by atoms with E-state index in [1.54, 1.807) is 12.3 Å². The highest BCUT2D eigenvalue weighted by Crippen LogP contribution is 2.38. The monoisotopic (exact) mass is 345 g/mol. The lowest BCUT2D eigenvalue weighted by atomic mass is 10.2. The summed E-state index contributed by atoms with van der Waals surface area (Å²) in [7, 11) is 0. The predicted octanol–water partition coefficient (Wildman–Crippen LogP) is 3.11. The van der Waals surface area contributed by atoms with Crippen LogP contribution in [0.3, 0.4) is 0 Å². The molecule has 2 heterocycles. The molecule has 0 bridgehead atoms. The second-order valence-corrected chi connectivity index (χ2v) is 7.26. The van der Waals surface area contributed by atoms with Gasteiger partial charge in [0.25, 0.3) is 0 Å². The molecular formula is C17H19N3O3S. The van der Waals surface area contributed by atoms with Crippen molar-refractivity contribution in [1.29, 1.82) is 0 Å². The number of rotatable bonds is 5. The Morgan fingerprint density at radius 1 is 1.33 bits per heavy atom. The van der Waals surface area contributed by atoms with Crippen molar-refractivity contribution in [2.45, 2.75) is 36.2 Å². The molecule has 2 aliphatic rings. The molecule has 1 amide bonds. The van der Waals surface area contributed by atoms with Gasteiger partial charge in [-0.05, 0) is 31.9 Å². The van der Waals surface area contributed by atoms with Crippen molar-refractivity contribution < 1.29 is 14.3 Å². The number of carbonyl (C=O) groups is 1. The van der Waals surface area contributed by atoms with E-state index in [-0.39, 0.29) is 11.2 Å². The second kappa shape index (κ2) is 6.39. The molecule has 4 rings (SSSR count). The van der Waals surface area contributed by atoms with E-state index in [2.05, 4.69) is 14.9 Å². The molecule has 0 spiro atoms. The molecule has 0 unspecified atom stereocenters. The topological polar surface area (TPSA) is 65.4 Å². The fraction of sp³-hybridized carbons (Fsp3) is 0.412. The van der Waals surface area contributed by atoms with Gasteiger partial charge < -0.3 is 19.4 Å². The first-order valence-electron chi connectivity index (χ1n) is 8.11. The fourth-order valence-electron chi connectivity index (χ4n) is 2.60. The Balaban J connectivity index is 1.41. The fourth-order valence-corrected chi connectivity index (χ4v) is 3.53. The van der Waals surface area contributed by atoms with Gasteiger partial charge in [0, 0.05) is 30.2 Å². The Kier molecular flexibility index (Phi) is 4.10. The van der Waals surface area contributed by atoms with Crippen molar-refractivity contribution in [3.05, 3.63) is 30.6 Å². The predicted molar refractivity (Wildman–Crippen MR) is 91.9 cm³/mol. The maximum absolute atomic E-state index is 12.5. The maximum Gasteiger partial charge on any atom is 0.237 e. The van der Waals surface area contributed by atoms with E-state index in [0.717, 1.165) is 5.16 Å². The van der Waals surface area contributed by atoms with E-state index in [4.69, 9.17) is 9.47 Å². The molecule has 1 atom stereocenters. The third kappa shape index (κ3) is 3.21. The van der Waals surface area contributed by atoms with Crippen LogP contribution >= 0.6 is 11.8 Å². The van der Waals surface area contributed by atoms with Crippen LogP contribution in [0.2, 0.25) is 0 Å². The Morgan fingerprint density at radius 3 is 2.92 bits per heavy atom. The van der Waals surface area contributed by atoms with Crippen molar-refractivity contribution in [2.24, 2.45) is 0 Å². The Hall–Kier alpha value is -2.15. The zero-order chi connectivity index (χ0) is 16.5. The molecule has 1 aromatic carbocycles. The average Bonchev–Trinajstić information content (AvgIpc) is 3.34. The highest BCUT2D eigenvalue weighted by Gasteiger charge is 2.27. The molecule has 0 radical (unpaired) electrons. The van der Waals surface area contributed by atoms with Crippen LogP contribution in [0.1, 0.15) is 25.8 Å². The summed E-state index contributed by atoms with van der Waals surface area (Å²) in [5.41, 5.74) is 0.710. The molecule has 1 saturated carbocycles. The second-order valence-electron chi connectivity index (χ2n) is 5.96. The number of nitrogens with zero attached hydrogens (tertiary/aromatic N) is 2. The number of thioether (sulfide) groups is 1. The highest BCUT2D eigenvalue weighted by atomic mass is 32.2. The van der Waals surface area contributed by atoms with Gasteiger partial charge >= 0.3 is 0 Å². The number of amides is 1. The Bertz CT molecular complexity index is 757. The molecule has 1 aliphatic heterocycles. The Labute approximate surface area is 144 Å². The third-order valence-corrected chi connectivity index (χ3v) is 5.13. The minimum Gasteiger partial charge on any atom is -0.486 e. The molecular weight excluding hydrogens is 326 g/mol. The molecule has 1 fully saturated rings. The smallest absolute Gasteiger partial charge is 0.237 e. The number of anilines is 1. The number of ether oxygens (including phenoxy) is 2. The van der Waals surface area contributed by atoms with Crippen molar-refractivity contribution >= 4 is 23.4 Å². The van der Waals surface area contributed by atoms with Gasteiger partial charge in [-0.3, -0.25) is 4.79 Å². The summed E-state index contributed by atoms with van der Waals surface area (Å²) in [5.74, 6) is 1.33. The summed E-state index contributed by atoms with van der Waals surface area (Å²) < 4.78 is 13.2. The molecule has 6 nitrogen and oxygen atoms in total. The largest absolute Gasteiger partial charge is 0.486 e. The summed E-state index contributed by atoms with van der Waals surface area (Å²) in [6.45, 7) is 2.98. The van der Waals surface area contributed by atoms with Gasteiger partial charge in [-0.15, -0.1) is 0 Å². The lowest BCUT2D eigenvalue weighted by molar-refractivity contribution is -0.115. The first-order valence-corrected chi connectivity index (χ1v) is 8.98. The van der Waals surface area contributed by atoms with Gasteiger partial charge in [-0.2, -0.15) is 0 Å². The van der Waals surface area contributed by atoms with Crippen LogP contribution in [-0.4, -0.2) is 33.9 Å². The van der Waals surface area contributed by atoms with E-state index in [0.29, 0.717) is 36.4 Å². The lowest BCUT2D eigenvalue weighted by Crippen LogP contribution is -2.23. The average molecular weight is 345 g/mol. The van der Waals surface area contributed by atoms with Crippen LogP contribution in [0.4, 0.5) is 5.69 Å². The van der Waals surface area contributed by atoms with E-state index in [9.17, 15) is 4.79 Å². The summed E-state index contributed by atoms with van der Waals surface area (Å²) in [6, 6.07) is 6.01. The van der Waals surface area contributed by atoms with E-state index in [1.165, 1.54) is 24.6 Å². The molecule has 24 heavy (non-hydrogen) atoms. The SMILES string of the molecule is C[C@H](Sc1nccn1C1CC1)C(=O)Nc1ccc2c(c1)OCCO2. The van der Waals surface area contributed by atoms with E-state index < -0.39 is 0 Å². The number of hydrogen-bond donors (Lipinski definition) is 1. The number of benzene rings is 1. The van der Waals surface area contributed by atoms with Crippen molar-refractivity contribution in [2.75, 3.05) is 18.5 Å². The van der Waals surface area contributed by atoms with Gasteiger partial charge in [0.2, 0.25) is 5.91 Å². The normalized spacial score (nSPS) is 17.4. The number of hydrogen-bond acceptors (Lipinski definition) is 5.